The molecule has 1 aromatic carbocycles. The number of furan rings is 2. The zero-order valence-corrected chi connectivity index (χ0v) is 18.1. The summed E-state index contributed by atoms with van der Waals surface area (Å²) in [6.07, 6.45) is 6.61. The first-order valence-corrected chi connectivity index (χ1v) is 10.8. The van der Waals surface area contributed by atoms with E-state index in [1.54, 1.807) is 41.8 Å². The number of nitrogens with one attached hydrogen (secondary N) is 1. The molecule has 0 saturated carbocycles. The number of hydrogen-bond donors (Lipinski definition) is 1. The fourth-order valence-electron chi connectivity index (χ4n) is 3.44. The highest BCUT2D eigenvalue weighted by Gasteiger charge is 2.18. The summed E-state index contributed by atoms with van der Waals surface area (Å²) < 4.78 is 10.6. The minimum Gasteiger partial charge on any atom is -0.469 e. The molecular formula is C26H25N3O4. The van der Waals surface area contributed by atoms with E-state index in [0.29, 0.717) is 37.9 Å². The number of aryl methyl sites for hydroxylation is 2. The van der Waals surface area contributed by atoms with E-state index in [2.05, 4.69) is 10.3 Å². The zero-order valence-electron chi connectivity index (χ0n) is 18.1. The molecule has 3 heterocycles. The van der Waals surface area contributed by atoms with Gasteiger partial charge in [-0.05, 0) is 60.7 Å². The van der Waals surface area contributed by atoms with Crippen molar-refractivity contribution in [2.24, 2.45) is 0 Å². The number of hydrogen-bond acceptors (Lipinski definition) is 5. The molecule has 0 radical (unpaired) electrons. The maximum absolute atomic E-state index is 13.1. The summed E-state index contributed by atoms with van der Waals surface area (Å²) in [5.74, 6) is 1.42. The molecule has 0 aliphatic heterocycles. The number of amides is 2. The molecule has 0 aliphatic rings. The topological polar surface area (TPSA) is 88.6 Å². The number of carbonyl (C=O) groups excluding carboxylic acids is 2. The van der Waals surface area contributed by atoms with Gasteiger partial charge in [0, 0.05) is 43.3 Å². The summed E-state index contributed by atoms with van der Waals surface area (Å²) in [7, 11) is 0. The molecule has 2 amide bonds. The van der Waals surface area contributed by atoms with E-state index in [-0.39, 0.29) is 11.8 Å². The van der Waals surface area contributed by atoms with Crippen LogP contribution in [0.15, 0.2) is 94.3 Å². The Morgan fingerprint density at radius 2 is 1.52 bits per heavy atom. The molecule has 3 aromatic heterocycles. The van der Waals surface area contributed by atoms with Gasteiger partial charge in [-0.15, -0.1) is 0 Å². The van der Waals surface area contributed by atoms with Crippen LogP contribution in [0.5, 0.6) is 0 Å². The van der Waals surface area contributed by atoms with E-state index in [4.69, 9.17) is 8.83 Å². The lowest BCUT2D eigenvalue weighted by atomic mass is 10.2. The van der Waals surface area contributed by atoms with Crippen LogP contribution in [0.2, 0.25) is 0 Å². The molecular weight excluding hydrogens is 418 g/mol. The Morgan fingerprint density at radius 1 is 0.818 bits per heavy atom. The highest BCUT2D eigenvalue weighted by molar-refractivity contribution is 5.94. The van der Waals surface area contributed by atoms with Crippen molar-refractivity contribution in [3.05, 3.63) is 103 Å². The lowest BCUT2D eigenvalue weighted by Gasteiger charge is -2.23. The van der Waals surface area contributed by atoms with Crippen LogP contribution in [0.1, 0.15) is 30.1 Å². The van der Waals surface area contributed by atoms with Crippen molar-refractivity contribution in [1.29, 1.82) is 0 Å². The monoisotopic (exact) mass is 443 g/mol. The maximum atomic E-state index is 13.1. The molecule has 168 valence electrons. The van der Waals surface area contributed by atoms with Crippen LogP contribution in [-0.4, -0.2) is 16.8 Å². The molecule has 1 N–H and O–H groups in total. The molecule has 0 atom stereocenters. The van der Waals surface area contributed by atoms with E-state index in [1.165, 1.54) is 0 Å². The van der Waals surface area contributed by atoms with Gasteiger partial charge in [0.1, 0.15) is 11.5 Å². The molecule has 7 nitrogen and oxygen atoms in total. The van der Waals surface area contributed by atoms with Gasteiger partial charge in [0.15, 0.2) is 0 Å². The Bertz CT molecular complexity index is 1140. The first-order chi connectivity index (χ1) is 16.2. The lowest BCUT2D eigenvalue weighted by Crippen LogP contribution is -2.31. The fourth-order valence-corrected chi connectivity index (χ4v) is 3.44. The predicted molar refractivity (Wildman–Crippen MR) is 125 cm³/mol. The zero-order chi connectivity index (χ0) is 22.9. The normalized spacial score (nSPS) is 10.7. The molecule has 4 aromatic rings. The standard InChI is InChI=1S/C26H25N3O4/c30-25(14-12-23-6-3-17-32-23)28-20-8-10-22(11-9-20)29(19-21-5-1-2-16-27-21)26(31)15-13-24-7-4-18-33-24/h1-11,16-18H,12-15,19H2,(H,28,30). The Balaban J connectivity index is 1.41. The molecule has 0 aliphatic carbocycles. The smallest absolute Gasteiger partial charge is 0.227 e. The average Bonchev–Trinajstić information content (AvgIpc) is 3.55. The summed E-state index contributed by atoms with van der Waals surface area (Å²) in [5, 5.41) is 2.88. The second-order valence-electron chi connectivity index (χ2n) is 7.55. The van der Waals surface area contributed by atoms with Crippen LogP contribution < -0.4 is 10.2 Å². The summed E-state index contributed by atoms with van der Waals surface area (Å²) in [4.78, 5) is 31.4. The number of rotatable bonds is 10. The van der Waals surface area contributed by atoms with Crippen molar-refractivity contribution in [1.82, 2.24) is 4.98 Å². The average molecular weight is 444 g/mol. The Kier molecular flexibility index (Phi) is 7.33. The van der Waals surface area contributed by atoms with E-state index >= 15 is 0 Å². The molecule has 4 rings (SSSR count). The van der Waals surface area contributed by atoms with Crippen molar-refractivity contribution in [2.75, 3.05) is 10.2 Å². The highest BCUT2D eigenvalue weighted by Crippen LogP contribution is 2.22. The van der Waals surface area contributed by atoms with Crippen LogP contribution in [0, 0.1) is 0 Å². The van der Waals surface area contributed by atoms with Crippen LogP contribution in [0.3, 0.4) is 0 Å². The summed E-state index contributed by atoms with van der Waals surface area (Å²) in [5.41, 5.74) is 2.20. The van der Waals surface area contributed by atoms with Gasteiger partial charge in [0.2, 0.25) is 11.8 Å². The molecule has 7 heteroatoms. The van der Waals surface area contributed by atoms with E-state index in [1.807, 2.05) is 48.5 Å². The van der Waals surface area contributed by atoms with Crippen molar-refractivity contribution < 1.29 is 18.4 Å². The van der Waals surface area contributed by atoms with Crippen LogP contribution >= 0.6 is 0 Å². The molecule has 0 saturated heterocycles. The first kappa shape index (κ1) is 22.1. The summed E-state index contributed by atoms with van der Waals surface area (Å²) in [6, 6.07) is 20.2. The predicted octanol–water partition coefficient (Wildman–Crippen LogP) is 5.00. The Labute approximate surface area is 192 Å². The number of anilines is 2. The van der Waals surface area contributed by atoms with Gasteiger partial charge >= 0.3 is 0 Å². The van der Waals surface area contributed by atoms with Gasteiger partial charge < -0.3 is 19.1 Å². The SMILES string of the molecule is O=C(CCc1ccco1)Nc1ccc(N(Cc2ccccn2)C(=O)CCc2ccco2)cc1. The molecule has 33 heavy (non-hydrogen) atoms. The van der Waals surface area contributed by atoms with Gasteiger partial charge in [-0.25, -0.2) is 0 Å². The highest BCUT2D eigenvalue weighted by atomic mass is 16.3. The summed E-state index contributed by atoms with van der Waals surface area (Å²) in [6.45, 7) is 0.354. The number of pyridine rings is 1. The lowest BCUT2D eigenvalue weighted by molar-refractivity contribution is -0.119. The van der Waals surface area contributed by atoms with E-state index in [9.17, 15) is 9.59 Å². The second-order valence-corrected chi connectivity index (χ2v) is 7.55. The Morgan fingerprint density at radius 3 is 2.12 bits per heavy atom. The van der Waals surface area contributed by atoms with Crippen molar-refractivity contribution in [2.45, 2.75) is 32.2 Å². The Hall–Kier alpha value is -4.13. The second kappa shape index (κ2) is 10.9. The van der Waals surface area contributed by atoms with Gasteiger partial charge in [0.25, 0.3) is 0 Å². The number of benzene rings is 1. The largest absolute Gasteiger partial charge is 0.469 e. The van der Waals surface area contributed by atoms with Gasteiger partial charge in [-0.1, -0.05) is 6.07 Å². The molecule has 0 bridgehead atoms. The van der Waals surface area contributed by atoms with Crippen LogP contribution in [0.4, 0.5) is 11.4 Å². The van der Waals surface area contributed by atoms with Crippen LogP contribution in [-0.2, 0) is 29.0 Å². The number of carbonyl (C=O) groups is 2. The number of aromatic nitrogens is 1. The molecule has 0 fully saturated rings. The fraction of sp³-hybridized carbons (Fsp3) is 0.192. The van der Waals surface area contributed by atoms with Crippen molar-refractivity contribution >= 4 is 23.2 Å². The minimum atomic E-state index is -0.0981. The minimum absolute atomic E-state index is 0.0349. The third kappa shape index (κ3) is 6.43. The maximum Gasteiger partial charge on any atom is 0.227 e. The number of nitrogens with zero attached hydrogens (tertiary/aromatic N) is 2. The van der Waals surface area contributed by atoms with E-state index in [0.717, 1.165) is 22.9 Å². The quantitative estimate of drug-likeness (QED) is 0.372. The van der Waals surface area contributed by atoms with Crippen molar-refractivity contribution in [3.63, 3.8) is 0 Å². The first-order valence-electron chi connectivity index (χ1n) is 10.8. The van der Waals surface area contributed by atoms with Gasteiger partial charge in [0.05, 0.1) is 24.8 Å². The van der Waals surface area contributed by atoms with E-state index < -0.39 is 0 Å². The van der Waals surface area contributed by atoms with Crippen molar-refractivity contribution in [3.8, 4) is 0 Å². The van der Waals surface area contributed by atoms with Crippen LogP contribution in [0.25, 0.3) is 0 Å². The van der Waals surface area contributed by atoms with Gasteiger partial charge in [-0.3, -0.25) is 14.6 Å². The third-order valence-corrected chi connectivity index (χ3v) is 5.15. The molecule has 0 unspecified atom stereocenters. The molecule has 0 spiro atoms. The third-order valence-electron chi connectivity index (χ3n) is 5.15. The van der Waals surface area contributed by atoms with Gasteiger partial charge in [-0.2, -0.15) is 0 Å². The summed E-state index contributed by atoms with van der Waals surface area (Å²) >= 11 is 0.